The van der Waals surface area contributed by atoms with Crippen molar-refractivity contribution in [1.82, 2.24) is 4.72 Å². The van der Waals surface area contributed by atoms with Gasteiger partial charge < -0.3 is 4.74 Å². The van der Waals surface area contributed by atoms with Crippen molar-refractivity contribution in [3.05, 3.63) is 24.3 Å². The van der Waals surface area contributed by atoms with Crippen LogP contribution in [0.5, 0.6) is 5.75 Å². The second kappa shape index (κ2) is 8.91. The zero-order valence-electron chi connectivity index (χ0n) is 9.33. The van der Waals surface area contributed by atoms with E-state index in [1.54, 1.807) is 19.1 Å². The summed E-state index contributed by atoms with van der Waals surface area (Å²) in [5.74, 6) is 0.899. The lowest BCUT2D eigenvalue weighted by atomic mass is 10.3. The van der Waals surface area contributed by atoms with Crippen LogP contribution in [0.3, 0.4) is 0 Å². The summed E-state index contributed by atoms with van der Waals surface area (Å²) in [6.07, 6.45) is 0. The Bertz CT molecular complexity index is 223. The van der Waals surface area contributed by atoms with Crippen molar-refractivity contribution in [3.63, 3.8) is 0 Å². The van der Waals surface area contributed by atoms with Crippen LogP contribution in [-0.2, 0) is 0 Å². The normalized spacial score (nSPS) is 8.86. The Morgan fingerprint density at radius 3 is 2.21 bits per heavy atom. The van der Waals surface area contributed by atoms with Gasteiger partial charge in [0.2, 0.25) is 0 Å². The van der Waals surface area contributed by atoms with Crippen molar-refractivity contribution in [2.75, 3.05) is 13.7 Å². The Morgan fingerprint density at radius 1 is 1.21 bits per heavy atom. The molecule has 14 heavy (non-hydrogen) atoms. The average Bonchev–Trinajstić information content (AvgIpc) is 2.30. The van der Waals surface area contributed by atoms with Crippen molar-refractivity contribution in [2.24, 2.45) is 0 Å². The molecule has 1 aromatic carbocycles. The summed E-state index contributed by atoms with van der Waals surface area (Å²) in [4.78, 5) is 1.21. The zero-order valence-corrected chi connectivity index (χ0v) is 10.1. The molecule has 1 rings (SSSR count). The fourth-order valence-electron chi connectivity index (χ4n) is 0.799. The standard InChI is InChI=1S/C9H13NOS.C2H6/c1-3-10-12-9-6-4-8(11-2)5-7-9;1-2/h4-7,10H,3H2,1-2H3;1-2H3. The third-order valence-corrected chi connectivity index (χ3v) is 2.33. The smallest absolute Gasteiger partial charge is 0.118 e. The monoisotopic (exact) mass is 213 g/mol. The van der Waals surface area contributed by atoms with Gasteiger partial charge in [0.25, 0.3) is 0 Å². The number of methoxy groups -OCH3 is 1. The predicted octanol–water partition coefficient (Wildman–Crippen LogP) is 3.34. The van der Waals surface area contributed by atoms with E-state index >= 15 is 0 Å². The van der Waals surface area contributed by atoms with Crippen LogP contribution in [0.25, 0.3) is 0 Å². The molecule has 0 saturated heterocycles. The minimum atomic E-state index is 0.899. The van der Waals surface area contributed by atoms with Crippen molar-refractivity contribution >= 4 is 11.9 Å². The van der Waals surface area contributed by atoms with Gasteiger partial charge in [-0.05, 0) is 36.2 Å². The van der Waals surface area contributed by atoms with E-state index in [1.807, 2.05) is 38.1 Å². The molecular formula is C11H19NOS. The molecule has 0 bridgehead atoms. The molecule has 0 unspecified atom stereocenters. The molecule has 0 aliphatic heterocycles. The number of hydrogen-bond acceptors (Lipinski definition) is 3. The third kappa shape index (κ3) is 5.14. The van der Waals surface area contributed by atoms with E-state index in [0.29, 0.717) is 0 Å². The van der Waals surface area contributed by atoms with Gasteiger partial charge in [0.1, 0.15) is 5.75 Å². The molecule has 3 heteroatoms. The fraction of sp³-hybridized carbons (Fsp3) is 0.455. The van der Waals surface area contributed by atoms with E-state index in [1.165, 1.54) is 4.90 Å². The molecule has 0 aromatic heterocycles. The lowest BCUT2D eigenvalue weighted by Crippen LogP contribution is -1.99. The quantitative estimate of drug-likeness (QED) is 0.775. The molecule has 0 heterocycles. The van der Waals surface area contributed by atoms with Gasteiger partial charge in [0, 0.05) is 11.4 Å². The highest BCUT2D eigenvalue weighted by molar-refractivity contribution is 7.97. The molecule has 0 spiro atoms. The molecule has 2 nitrogen and oxygen atoms in total. The summed E-state index contributed by atoms with van der Waals surface area (Å²) >= 11 is 1.63. The van der Waals surface area contributed by atoms with Crippen LogP contribution in [0.15, 0.2) is 29.2 Å². The second-order valence-electron chi connectivity index (χ2n) is 2.28. The Hall–Kier alpha value is -0.670. The van der Waals surface area contributed by atoms with Gasteiger partial charge in [-0.25, -0.2) is 0 Å². The minimum Gasteiger partial charge on any atom is -0.497 e. The first-order valence-corrected chi connectivity index (χ1v) is 5.72. The van der Waals surface area contributed by atoms with E-state index in [9.17, 15) is 0 Å². The topological polar surface area (TPSA) is 21.3 Å². The van der Waals surface area contributed by atoms with Gasteiger partial charge in [0.05, 0.1) is 7.11 Å². The number of nitrogens with one attached hydrogen (secondary N) is 1. The van der Waals surface area contributed by atoms with Crippen LogP contribution < -0.4 is 9.46 Å². The molecule has 0 aliphatic carbocycles. The average molecular weight is 213 g/mol. The van der Waals surface area contributed by atoms with Crippen molar-refractivity contribution in [1.29, 1.82) is 0 Å². The highest BCUT2D eigenvalue weighted by Gasteiger charge is 1.92. The van der Waals surface area contributed by atoms with Gasteiger partial charge in [-0.15, -0.1) is 0 Å². The molecule has 0 fully saturated rings. The molecule has 0 aliphatic rings. The van der Waals surface area contributed by atoms with Crippen LogP contribution in [0.2, 0.25) is 0 Å². The largest absolute Gasteiger partial charge is 0.497 e. The lowest BCUT2D eigenvalue weighted by molar-refractivity contribution is 0.414. The zero-order chi connectivity index (χ0) is 10.8. The number of ether oxygens (including phenoxy) is 1. The lowest BCUT2D eigenvalue weighted by Gasteiger charge is -2.02. The van der Waals surface area contributed by atoms with Gasteiger partial charge in [-0.2, -0.15) is 0 Å². The Balaban J connectivity index is 0.000000791. The summed E-state index contributed by atoms with van der Waals surface area (Å²) in [6.45, 7) is 7.05. The maximum atomic E-state index is 5.04. The summed E-state index contributed by atoms with van der Waals surface area (Å²) in [5.41, 5.74) is 0. The summed E-state index contributed by atoms with van der Waals surface area (Å²) in [6, 6.07) is 7.98. The molecule has 0 atom stereocenters. The van der Waals surface area contributed by atoms with Crippen LogP contribution in [0, 0.1) is 0 Å². The van der Waals surface area contributed by atoms with Gasteiger partial charge >= 0.3 is 0 Å². The number of hydrogen-bond donors (Lipinski definition) is 1. The maximum Gasteiger partial charge on any atom is 0.118 e. The molecule has 0 radical (unpaired) electrons. The molecule has 0 amide bonds. The molecule has 1 aromatic rings. The van der Waals surface area contributed by atoms with Crippen LogP contribution in [0.4, 0.5) is 0 Å². The molecule has 1 N–H and O–H groups in total. The van der Waals surface area contributed by atoms with Crippen molar-refractivity contribution in [2.45, 2.75) is 25.7 Å². The Kier molecular flexibility index (Phi) is 8.48. The SMILES string of the molecule is CC.CCNSc1ccc(OC)cc1. The van der Waals surface area contributed by atoms with E-state index < -0.39 is 0 Å². The summed E-state index contributed by atoms with van der Waals surface area (Å²) in [5, 5.41) is 0. The Morgan fingerprint density at radius 2 is 1.79 bits per heavy atom. The minimum absolute atomic E-state index is 0.899. The van der Waals surface area contributed by atoms with Crippen molar-refractivity contribution in [3.8, 4) is 5.75 Å². The first-order chi connectivity index (χ1) is 6.86. The number of benzene rings is 1. The molecular weight excluding hydrogens is 194 g/mol. The Labute approximate surface area is 91.2 Å². The summed E-state index contributed by atoms with van der Waals surface area (Å²) < 4.78 is 8.22. The molecule has 0 saturated carbocycles. The predicted molar refractivity (Wildman–Crippen MR) is 63.9 cm³/mol. The number of rotatable bonds is 4. The van der Waals surface area contributed by atoms with Gasteiger partial charge in [-0.3, -0.25) is 4.72 Å². The first-order valence-electron chi connectivity index (χ1n) is 4.90. The van der Waals surface area contributed by atoms with E-state index in [-0.39, 0.29) is 0 Å². The highest BCUT2D eigenvalue weighted by Crippen LogP contribution is 2.18. The van der Waals surface area contributed by atoms with Gasteiger partial charge in [-0.1, -0.05) is 20.8 Å². The second-order valence-corrected chi connectivity index (χ2v) is 3.24. The molecule has 80 valence electrons. The van der Waals surface area contributed by atoms with E-state index in [2.05, 4.69) is 11.6 Å². The first kappa shape index (κ1) is 13.3. The van der Waals surface area contributed by atoms with Crippen molar-refractivity contribution < 1.29 is 4.74 Å². The van der Waals surface area contributed by atoms with Gasteiger partial charge in [0.15, 0.2) is 0 Å². The van der Waals surface area contributed by atoms with E-state index in [0.717, 1.165) is 12.3 Å². The van der Waals surface area contributed by atoms with E-state index in [4.69, 9.17) is 4.74 Å². The van der Waals surface area contributed by atoms with Crippen LogP contribution in [0.1, 0.15) is 20.8 Å². The van der Waals surface area contributed by atoms with Crippen LogP contribution in [-0.4, -0.2) is 13.7 Å². The fourth-order valence-corrected chi connectivity index (χ4v) is 1.38. The maximum absolute atomic E-state index is 5.04. The van der Waals surface area contributed by atoms with Crippen LogP contribution >= 0.6 is 11.9 Å². The third-order valence-electron chi connectivity index (χ3n) is 1.39. The summed E-state index contributed by atoms with van der Waals surface area (Å²) in [7, 11) is 1.67. The highest BCUT2D eigenvalue weighted by atomic mass is 32.2.